The summed E-state index contributed by atoms with van der Waals surface area (Å²) in [5.74, 6) is 0.836. The van der Waals surface area contributed by atoms with E-state index in [2.05, 4.69) is 44.3 Å². The first-order valence-corrected chi connectivity index (χ1v) is 8.25. The van der Waals surface area contributed by atoms with Crippen LogP contribution in [-0.2, 0) is 7.05 Å². The molecule has 0 N–H and O–H groups in total. The molecule has 0 spiro atoms. The molecule has 0 aliphatic carbocycles. The van der Waals surface area contributed by atoms with Gasteiger partial charge in [-0.15, -0.1) is 10.2 Å². The third-order valence-corrected chi connectivity index (χ3v) is 4.80. The number of aromatic nitrogens is 7. The lowest BCUT2D eigenvalue weighted by Gasteiger charge is -2.10. The number of nitrogens with zero attached hydrogens (tertiary/aromatic N) is 7. The lowest BCUT2D eigenvalue weighted by molar-refractivity contribution is 0.784. The van der Waals surface area contributed by atoms with Crippen molar-refractivity contribution in [2.24, 2.45) is 7.05 Å². The Morgan fingerprint density at radius 3 is 2.71 bits per heavy atom. The van der Waals surface area contributed by atoms with Gasteiger partial charge in [-0.25, -0.2) is 9.97 Å². The molecule has 7 nitrogen and oxygen atoms in total. The average Bonchev–Trinajstić information content (AvgIpc) is 3.13. The van der Waals surface area contributed by atoms with E-state index in [1.165, 1.54) is 11.8 Å². The highest BCUT2D eigenvalue weighted by Crippen LogP contribution is 2.32. The molecule has 120 valence electrons. The van der Waals surface area contributed by atoms with Crippen molar-refractivity contribution < 1.29 is 0 Å². The van der Waals surface area contributed by atoms with E-state index in [9.17, 15) is 0 Å². The van der Waals surface area contributed by atoms with Crippen molar-refractivity contribution in [2.45, 2.75) is 24.0 Å². The highest BCUT2D eigenvalue weighted by Gasteiger charge is 2.17. The Morgan fingerprint density at radius 1 is 1.04 bits per heavy atom. The van der Waals surface area contributed by atoms with Gasteiger partial charge in [0, 0.05) is 7.05 Å². The Hall–Kier alpha value is -2.74. The van der Waals surface area contributed by atoms with Gasteiger partial charge < -0.3 is 0 Å². The second kappa shape index (κ2) is 5.72. The van der Waals surface area contributed by atoms with E-state index in [1.54, 1.807) is 17.2 Å². The van der Waals surface area contributed by atoms with Gasteiger partial charge in [0.2, 0.25) is 5.16 Å². The fourth-order valence-electron chi connectivity index (χ4n) is 2.61. The van der Waals surface area contributed by atoms with Crippen LogP contribution in [0.4, 0.5) is 0 Å². The van der Waals surface area contributed by atoms with Crippen LogP contribution in [0.5, 0.6) is 0 Å². The monoisotopic (exact) mass is 337 g/mol. The number of hydrogen-bond donors (Lipinski definition) is 0. The maximum Gasteiger partial charge on any atom is 0.202 e. The van der Waals surface area contributed by atoms with Gasteiger partial charge in [0.1, 0.15) is 17.2 Å². The Labute approximate surface area is 142 Å². The van der Waals surface area contributed by atoms with E-state index in [0.717, 1.165) is 38.3 Å². The van der Waals surface area contributed by atoms with Crippen LogP contribution in [0.15, 0.2) is 47.0 Å². The van der Waals surface area contributed by atoms with E-state index in [0.29, 0.717) is 0 Å². The SMILES string of the molecule is Cc1ccccc1-n1c(C)nnc1Sc1ncnc2c1cnn2C. The summed E-state index contributed by atoms with van der Waals surface area (Å²) in [6.07, 6.45) is 3.33. The van der Waals surface area contributed by atoms with E-state index in [4.69, 9.17) is 0 Å². The molecule has 3 heterocycles. The summed E-state index contributed by atoms with van der Waals surface area (Å²) >= 11 is 1.47. The molecule has 0 radical (unpaired) electrons. The van der Waals surface area contributed by atoms with Gasteiger partial charge in [0.25, 0.3) is 0 Å². The van der Waals surface area contributed by atoms with Gasteiger partial charge in [-0.2, -0.15) is 5.10 Å². The molecule has 0 saturated carbocycles. The number of aryl methyl sites for hydroxylation is 3. The van der Waals surface area contributed by atoms with Crippen molar-refractivity contribution in [1.82, 2.24) is 34.5 Å². The highest BCUT2D eigenvalue weighted by molar-refractivity contribution is 7.99. The Kier molecular flexibility index (Phi) is 3.53. The van der Waals surface area contributed by atoms with Crippen LogP contribution in [0.25, 0.3) is 16.7 Å². The summed E-state index contributed by atoms with van der Waals surface area (Å²) in [7, 11) is 1.86. The molecule has 0 aliphatic heterocycles. The van der Waals surface area contributed by atoms with Crippen molar-refractivity contribution in [3.63, 3.8) is 0 Å². The number of fused-ring (bicyclic) bond motifs is 1. The molecule has 4 rings (SSSR count). The minimum atomic E-state index is 0.769. The fourth-order valence-corrected chi connectivity index (χ4v) is 3.54. The zero-order valence-corrected chi connectivity index (χ0v) is 14.3. The summed E-state index contributed by atoms with van der Waals surface area (Å²) in [4.78, 5) is 8.68. The normalized spacial score (nSPS) is 11.3. The van der Waals surface area contributed by atoms with Gasteiger partial charge in [-0.1, -0.05) is 18.2 Å². The van der Waals surface area contributed by atoms with Gasteiger partial charge in [-0.05, 0) is 37.2 Å². The molecule has 0 amide bonds. The third-order valence-electron chi connectivity index (χ3n) is 3.83. The molecule has 0 saturated heterocycles. The summed E-state index contributed by atoms with van der Waals surface area (Å²) in [5, 5.41) is 15.3. The van der Waals surface area contributed by atoms with E-state index in [1.807, 2.05) is 30.7 Å². The first-order valence-electron chi connectivity index (χ1n) is 7.43. The molecule has 8 heteroatoms. The predicted octanol–water partition coefficient (Wildman–Crippen LogP) is 2.71. The van der Waals surface area contributed by atoms with Crippen molar-refractivity contribution >= 4 is 22.8 Å². The molecule has 3 aromatic heterocycles. The van der Waals surface area contributed by atoms with Gasteiger partial charge in [0.15, 0.2) is 5.65 Å². The van der Waals surface area contributed by atoms with Crippen molar-refractivity contribution in [3.05, 3.63) is 48.2 Å². The predicted molar refractivity (Wildman–Crippen MR) is 91.3 cm³/mol. The quantitative estimate of drug-likeness (QED) is 0.535. The van der Waals surface area contributed by atoms with Gasteiger partial charge in [-0.3, -0.25) is 9.25 Å². The first-order chi connectivity index (χ1) is 11.6. The van der Waals surface area contributed by atoms with E-state index >= 15 is 0 Å². The van der Waals surface area contributed by atoms with Crippen molar-refractivity contribution in [2.75, 3.05) is 0 Å². The minimum Gasteiger partial charge on any atom is -0.274 e. The average molecular weight is 337 g/mol. The van der Waals surface area contributed by atoms with E-state index in [-0.39, 0.29) is 0 Å². The Morgan fingerprint density at radius 2 is 1.88 bits per heavy atom. The molecule has 0 fully saturated rings. The second-order valence-electron chi connectivity index (χ2n) is 5.44. The molecule has 1 aromatic carbocycles. The lowest BCUT2D eigenvalue weighted by atomic mass is 10.2. The second-order valence-corrected chi connectivity index (χ2v) is 6.39. The lowest BCUT2D eigenvalue weighted by Crippen LogP contribution is -2.01. The smallest absolute Gasteiger partial charge is 0.202 e. The zero-order chi connectivity index (χ0) is 16.7. The van der Waals surface area contributed by atoms with Crippen molar-refractivity contribution in [1.29, 1.82) is 0 Å². The molecule has 4 aromatic rings. The molecule has 0 unspecified atom stereocenters. The van der Waals surface area contributed by atoms with Crippen LogP contribution in [0.1, 0.15) is 11.4 Å². The summed E-state index contributed by atoms with van der Waals surface area (Å²) < 4.78 is 3.78. The molecular formula is C16H15N7S. The molecular weight excluding hydrogens is 322 g/mol. The topological polar surface area (TPSA) is 74.3 Å². The molecule has 0 aliphatic rings. The molecule has 0 atom stereocenters. The van der Waals surface area contributed by atoms with Crippen LogP contribution >= 0.6 is 11.8 Å². The van der Waals surface area contributed by atoms with Crippen LogP contribution in [0.3, 0.4) is 0 Å². The van der Waals surface area contributed by atoms with Gasteiger partial charge in [0.05, 0.1) is 17.3 Å². The van der Waals surface area contributed by atoms with Crippen molar-refractivity contribution in [3.8, 4) is 5.69 Å². The third kappa shape index (κ3) is 2.35. The Balaban J connectivity index is 1.83. The minimum absolute atomic E-state index is 0.769. The van der Waals surface area contributed by atoms with Crippen LogP contribution in [0, 0.1) is 13.8 Å². The zero-order valence-electron chi connectivity index (χ0n) is 13.5. The number of para-hydroxylation sites is 1. The standard InChI is InChI=1S/C16H15N7S/c1-10-6-4-5-7-13(10)23-11(2)20-21-16(23)24-15-12-8-19-22(3)14(12)17-9-18-15/h4-9H,1-3H3. The van der Waals surface area contributed by atoms with Crippen LogP contribution in [-0.4, -0.2) is 34.5 Å². The summed E-state index contributed by atoms with van der Waals surface area (Å²) in [5.41, 5.74) is 3.03. The van der Waals surface area contributed by atoms with Crippen LogP contribution < -0.4 is 0 Å². The molecule has 24 heavy (non-hydrogen) atoms. The maximum atomic E-state index is 4.40. The van der Waals surface area contributed by atoms with E-state index < -0.39 is 0 Å². The number of rotatable bonds is 3. The molecule has 0 bridgehead atoms. The highest BCUT2D eigenvalue weighted by atomic mass is 32.2. The van der Waals surface area contributed by atoms with Gasteiger partial charge >= 0.3 is 0 Å². The largest absolute Gasteiger partial charge is 0.274 e. The summed E-state index contributed by atoms with van der Waals surface area (Å²) in [6, 6.07) is 8.18. The fraction of sp³-hybridized carbons (Fsp3) is 0.188. The number of hydrogen-bond acceptors (Lipinski definition) is 6. The maximum absolute atomic E-state index is 4.40. The number of benzene rings is 1. The Bertz CT molecular complexity index is 1030. The van der Waals surface area contributed by atoms with Crippen LogP contribution in [0.2, 0.25) is 0 Å². The first kappa shape index (κ1) is 14.8. The summed E-state index contributed by atoms with van der Waals surface area (Å²) in [6.45, 7) is 4.02.